The largest absolute Gasteiger partial charge is 0.232 e. The lowest BCUT2D eigenvalue weighted by molar-refractivity contribution is 0.866. The highest BCUT2D eigenvalue weighted by molar-refractivity contribution is 6.35. The molecule has 3 aromatic rings. The highest BCUT2D eigenvalue weighted by Gasteiger charge is 2.14. The molecule has 1 heterocycles. The van der Waals surface area contributed by atoms with Gasteiger partial charge in [-0.2, -0.15) is 5.10 Å². The summed E-state index contributed by atoms with van der Waals surface area (Å²) < 4.78 is 1.84. The van der Waals surface area contributed by atoms with E-state index in [-0.39, 0.29) is 0 Å². The van der Waals surface area contributed by atoms with Crippen molar-refractivity contribution in [2.75, 3.05) is 0 Å². The van der Waals surface area contributed by atoms with Crippen molar-refractivity contribution >= 4 is 46.5 Å². The Morgan fingerprint density at radius 1 is 1.00 bits per heavy atom. The Balaban J connectivity index is 2.08. The highest BCUT2D eigenvalue weighted by Crippen LogP contribution is 2.29. The van der Waals surface area contributed by atoms with Crippen LogP contribution >= 0.6 is 34.8 Å². The van der Waals surface area contributed by atoms with Crippen molar-refractivity contribution in [3.8, 4) is 5.69 Å². The van der Waals surface area contributed by atoms with E-state index in [9.17, 15) is 0 Å². The maximum Gasteiger partial charge on any atom is 0.0840 e. The number of allylic oxidation sites excluding steroid dienone is 1. The standard InChI is InChI=1S/C19H15Cl3N2/c1-12(9-14-3-5-15(20)6-4-14)19-13(2)11-23-24(19)18-8-7-16(21)10-17(18)22/h3-11H,1-2H3/b12-9+. The summed E-state index contributed by atoms with van der Waals surface area (Å²) in [6.07, 6.45) is 3.93. The lowest BCUT2D eigenvalue weighted by Crippen LogP contribution is -2.02. The van der Waals surface area contributed by atoms with Crippen LogP contribution in [0.1, 0.15) is 23.7 Å². The first-order valence-electron chi connectivity index (χ1n) is 7.40. The number of hydrogen-bond acceptors (Lipinski definition) is 1. The molecule has 0 unspecified atom stereocenters. The van der Waals surface area contributed by atoms with Crippen LogP contribution in [0.5, 0.6) is 0 Å². The Hall–Kier alpha value is -1.74. The van der Waals surface area contributed by atoms with E-state index in [1.54, 1.807) is 6.07 Å². The molecule has 0 spiro atoms. The third kappa shape index (κ3) is 3.51. The van der Waals surface area contributed by atoms with Crippen LogP contribution in [0.3, 0.4) is 0 Å². The summed E-state index contributed by atoms with van der Waals surface area (Å²) in [5, 5.41) is 6.36. The number of benzene rings is 2. The first-order chi connectivity index (χ1) is 11.5. The Morgan fingerprint density at radius 3 is 2.33 bits per heavy atom. The maximum absolute atomic E-state index is 6.35. The molecule has 1 aromatic heterocycles. The number of rotatable bonds is 3. The topological polar surface area (TPSA) is 17.8 Å². The summed E-state index contributed by atoms with van der Waals surface area (Å²) in [4.78, 5) is 0. The number of aryl methyl sites for hydroxylation is 1. The van der Waals surface area contributed by atoms with Gasteiger partial charge in [-0.05, 0) is 67.0 Å². The second-order valence-electron chi connectivity index (χ2n) is 5.56. The van der Waals surface area contributed by atoms with Gasteiger partial charge in [0.05, 0.1) is 22.6 Å². The molecule has 0 atom stereocenters. The quantitative estimate of drug-likeness (QED) is 0.496. The molecule has 0 aliphatic rings. The van der Waals surface area contributed by atoms with Crippen molar-refractivity contribution < 1.29 is 0 Å². The zero-order valence-electron chi connectivity index (χ0n) is 13.2. The van der Waals surface area contributed by atoms with Crippen molar-refractivity contribution in [2.45, 2.75) is 13.8 Å². The van der Waals surface area contributed by atoms with E-state index in [1.165, 1.54) is 0 Å². The average Bonchev–Trinajstić information content (AvgIpc) is 2.91. The van der Waals surface area contributed by atoms with Crippen molar-refractivity contribution in [3.05, 3.63) is 80.6 Å². The Bertz CT molecular complexity index is 909. The second-order valence-corrected chi connectivity index (χ2v) is 6.84. The van der Waals surface area contributed by atoms with E-state index in [0.717, 1.165) is 33.1 Å². The minimum atomic E-state index is 0.561. The smallest absolute Gasteiger partial charge is 0.0840 e. The van der Waals surface area contributed by atoms with Gasteiger partial charge in [0.1, 0.15) is 0 Å². The van der Waals surface area contributed by atoms with Gasteiger partial charge in [-0.15, -0.1) is 0 Å². The summed E-state index contributed by atoms with van der Waals surface area (Å²) in [6.45, 7) is 4.08. The van der Waals surface area contributed by atoms with Gasteiger partial charge < -0.3 is 0 Å². The minimum absolute atomic E-state index is 0.561. The zero-order chi connectivity index (χ0) is 17.3. The number of aromatic nitrogens is 2. The molecule has 2 aromatic carbocycles. The van der Waals surface area contributed by atoms with Gasteiger partial charge in [0, 0.05) is 10.0 Å². The molecule has 5 heteroatoms. The summed E-state index contributed by atoms with van der Waals surface area (Å²) in [5.74, 6) is 0. The fourth-order valence-corrected chi connectivity index (χ4v) is 3.24. The van der Waals surface area contributed by atoms with Gasteiger partial charge in [0.15, 0.2) is 0 Å². The first kappa shape index (κ1) is 17.1. The van der Waals surface area contributed by atoms with Crippen LogP contribution in [-0.4, -0.2) is 9.78 Å². The average molecular weight is 378 g/mol. The molecule has 2 nitrogen and oxygen atoms in total. The van der Waals surface area contributed by atoms with Crippen molar-refractivity contribution in [3.63, 3.8) is 0 Å². The molecule has 0 fully saturated rings. The fourth-order valence-electron chi connectivity index (χ4n) is 2.62. The molecule has 0 bridgehead atoms. The molecule has 24 heavy (non-hydrogen) atoms. The molecule has 3 rings (SSSR count). The fraction of sp³-hybridized carbons (Fsp3) is 0.105. The van der Waals surface area contributed by atoms with Crippen molar-refractivity contribution in [1.29, 1.82) is 0 Å². The molecule has 0 radical (unpaired) electrons. The summed E-state index contributed by atoms with van der Waals surface area (Å²) in [6, 6.07) is 13.1. The van der Waals surface area contributed by atoms with Gasteiger partial charge in [-0.1, -0.05) is 46.9 Å². The Labute approximate surface area is 156 Å². The van der Waals surface area contributed by atoms with Gasteiger partial charge in [-0.3, -0.25) is 0 Å². The summed E-state index contributed by atoms with van der Waals surface area (Å²) in [5.41, 5.74) is 5.04. The van der Waals surface area contributed by atoms with Crippen LogP contribution in [0.25, 0.3) is 17.3 Å². The molecule has 0 aliphatic carbocycles. The van der Waals surface area contributed by atoms with Crippen LogP contribution in [-0.2, 0) is 0 Å². The van der Waals surface area contributed by atoms with E-state index in [1.807, 2.05) is 54.2 Å². The van der Waals surface area contributed by atoms with Crippen LogP contribution in [0.2, 0.25) is 15.1 Å². The van der Waals surface area contributed by atoms with Crippen LogP contribution in [0.4, 0.5) is 0 Å². The van der Waals surface area contributed by atoms with E-state index < -0.39 is 0 Å². The molecular weight excluding hydrogens is 363 g/mol. The Kier molecular flexibility index (Phi) is 5.00. The monoisotopic (exact) mass is 376 g/mol. The van der Waals surface area contributed by atoms with Crippen molar-refractivity contribution in [2.24, 2.45) is 0 Å². The molecule has 0 saturated heterocycles. The van der Waals surface area contributed by atoms with E-state index in [4.69, 9.17) is 34.8 Å². The summed E-state index contributed by atoms with van der Waals surface area (Å²) >= 11 is 18.3. The van der Waals surface area contributed by atoms with E-state index in [2.05, 4.69) is 18.1 Å². The van der Waals surface area contributed by atoms with Gasteiger partial charge >= 0.3 is 0 Å². The van der Waals surface area contributed by atoms with Gasteiger partial charge in [-0.25, -0.2) is 4.68 Å². The molecular formula is C19H15Cl3N2. The zero-order valence-corrected chi connectivity index (χ0v) is 15.5. The van der Waals surface area contributed by atoms with E-state index in [0.29, 0.717) is 10.0 Å². The first-order valence-corrected chi connectivity index (χ1v) is 8.53. The van der Waals surface area contributed by atoms with Gasteiger partial charge in [0.25, 0.3) is 0 Å². The third-order valence-corrected chi connectivity index (χ3v) is 4.51. The molecule has 122 valence electrons. The van der Waals surface area contributed by atoms with Crippen molar-refractivity contribution in [1.82, 2.24) is 9.78 Å². The number of halogens is 3. The third-order valence-electron chi connectivity index (χ3n) is 3.72. The van der Waals surface area contributed by atoms with E-state index >= 15 is 0 Å². The molecule has 0 saturated carbocycles. The second kappa shape index (κ2) is 7.02. The normalized spacial score (nSPS) is 11.8. The lowest BCUT2D eigenvalue weighted by Gasteiger charge is -2.11. The molecule has 0 amide bonds. The van der Waals surface area contributed by atoms with Crippen LogP contribution in [0, 0.1) is 6.92 Å². The highest BCUT2D eigenvalue weighted by atomic mass is 35.5. The minimum Gasteiger partial charge on any atom is -0.232 e. The van der Waals surface area contributed by atoms with Crippen LogP contribution in [0.15, 0.2) is 48.7 Å². The van der Waals surface area contributed by atoms with Gasteiger partial charge in [0.2, 0.25) is 0 Å². The molecule has 0 N–H and O–H groups in total. The predicted molar refractivity (Wildman–Crippen MR) is 103 cm³/mol. The number of nitrogens with zero attached hydrogens (tertiary/aromatic N) is 2. The summed E-state index contributed by atoms with van der Waals surface area (Å²) in [7, 11) is 0. The van der Waals surface area contributed by atoms with Crippen LogP contribution < -0.4 is 0 Å². The SMILES string of the molecule is C/C(=C\c1ccc(Cl)cc1)c1c(C)cnn1-c1ccc(Cl)cc1Cl. The molecule has 0 aliphatic heterocycles. The number of hydrogen-bond donors (Lipinski definition) is 0. The Morgan fingerprint density at radius 2 is 1.67 bits per heavy atom. The predicted octanol–water partition coefficient (Wildman–Crippen LogP) is 6.70. The maximum atomic E-state index is 6.35. The lowest BCUT2D eigenvalue weighted by atomic mass is 10.1.